The van der Waals surface area contributed by atoms with E-state index in [-0.39, 0.29) is 5.56 Å². The van der Waals surface area contributed by atoms with E-state index in [9.17, 15) is 9.18 Å². The van der Waals surface area contributed by atoms with E-state index in [0.29, 0.717) is 12.1 Å². The Balaban J connectivity index is 2.09. The minimum absolute atomic E-state index is 0.330. The zero-order chi connectivity index (χ0) is 14.5. The number of hydrogen-bond acceptors (Lipinski definition) is 2. The van der Waals surface area contributed by atoms with Gasteiger partial charge in [-0.3, -0.25) is 0 Å². The van der Waals surface area contributed by atoms with Crippen LogP contribution >= 0.6 is 0 Å². The molecule has 0 unspecified atom stereocenters. The summed E-state index contributed by atoms with van der Waals surface area (Å²) >= 11 is 0. The first-order chi connectivity index (χ1) is 9.60. The summed E-state index contributed by atoms with van der Waals surface area (Å²) in [5, 5.41) is 11.8. The van der Waals surface area contributed by atoms with Gasteiger partial charge in [0.05, 0.1) is 5.56 Å². The summed E-state index contributed by atoms with van der Waals surface area (Å²) in [6.45, 7) is 0.380. The number of hydrogen-bond donors (Lipinski definition) is 2. The van der Waals surface area contributed by atoms with Gasteiger partial charge in [-0.25, -0.2) is 9.18 Å². The number of carbonyl (C=O) groups is 1. The molecule has 3 nitrogen and oxygen atoms in total. The number of nitrogens with one attached hydrogen (secondary N) is 1. The molecule has 0 atom stereocenters. The van der Waals surface area contributed by atoms with Crippen molar-refractivity contribution in [1.29, 1.82) is 0 Å². The second kappa shape index (κ2) is 5.89. The van der Waals surface area contributed by atoms with E-state index in [4.69, 9.17) is 11.5 Å². The van der Waals surface area contributed by atoms with E-state index in [0.717, 1.165) is 11.3 Å². The zero-order valence-corrected chi connectivity index (χ0v) is 10.6. The van der Waals surface area contributed by atoms with E-state index in [1.165, 1.54) is 12.1 Å². The maximum Gasteiger partial charge on any atom is 0.338 e. The van der Waals surface area contributed by atoms with Gasteiger partial charge >= 0.3 is 5.97 Å². The molecule has 100 valence electrons. The summed E-state index contributed by atoms with van der Waals surface area (Å²) in [5.41, 5.74) is 1.90. The van der Waals surface area contributed by atoms with Crippen LogP contribution in [0, 0.1) is 18.2 Å². The van der Waals surface area contributed by atoms with Crippen molar-refractivity contribution >= 4 is 11.7 Å². The molecule has 0 spiro atoms. The van der Waals surface area contributed by atoms with E-state index in [1.54, 1.807) is 6.07 Å². The highest BCUT2D eigenvalue weighted by atomic mass is 19.1. The molecule has 0 aliphatic carbocycles. The fraction of sp³-hybridized carbons (Fsp3) is 0.0625. The lowest BCUT2D eigenvalue weighted by atomic mass is 10.1. The molecule has 0 amide bonds. The van der Waals surface area contributed by atoms with Crippen LogP contribution in [0.25, 0.3) is 0 Å². The molecule has 0 radical (unpaired) electrons. The Morgan fingerprint density at radius 3 is 2.75 bits per heavy atom. The average molecular weight is 269 g/mol. The molecule has 20 heavy (non-hydrogen) atoms. The summed E-state index contributed by atoms with van der Waals surface area (Å²) in [7, 11) is 0. The van der Waals surface area contributed by atoms with Crippen LogP contribution < -0.4 is 5.32 Å². The molecule has 0 heterocycles. The molecule has 0 fully saturated rings. The van der Waals surface area contributed by atoms with Crippen molar-refractivity contribution in [3.05, 3.63) is 65.0 Å². The molecule has 0 aliphatic heterocycles. The molecule has 0 aromatic heterocycles. The van der Waals surface area contributed by atoms with Crippen LogP contribution in [0.5, 0.6) is 0 Å². The molecule has 0 bridgehead atoms. The Morgan fingerprint density at radius 2 is 2.10 bits per heavy atom. The largest absolute Gasteiger partial charge is 0.478 e. The van der Waals surface area contributed by atoms with Crippen LogP contribution in [0.2, 0.25) is 0 Å². The Bertz CT molecular complexity index is 689. The summed E-state index contributed by atoms with van der Waals surface area (Å²) in [4.78, 5) is 10.7. The van der Waals surface area contributed by atoms with Crippen LogP contribution in [-0.2, 0) is 6.54 Å². The highest BCUT2D eigenvalue weighted by Crippen LogP contribution is 2.14. The molecular formula is C16H12FNO2. The Morgan fingerprint density at radius 1 is 1.30 bits per heavy atom. The number of carboxylic acids is 1. The van der Waals surface area contributed by atoms with Crippen molar-refractivity contribution in [2.45, 2.75) is 6.54 Å². The van der Waals surface area contributed by atoms with E-state index in [2.05, 4.69) is 11.2 Å². The van der Waals surface area contributed by atoms with Crippen molar-refractivity contribution in [1.82, 2.24) is 0 Å². The molecule has 2 aromatic carbocycles. The maximum atomic E-state index is 13.5. The van der Waals surface area contributed by atoms with Crippen molar-refractivity contribution in [3.8, 4) is 12.3 Å². The number of aromatic carboxylic acids is 1. The smallest absolute Gasteiger partial charge is 0.338 e. The molecular weight excluding hydrogens is 257 g/mol. The maximum absolute atomic E-state index is 13.5. The standard InChI is InChI=1S/C16H12FNO2/c1-2-11-4-3-5-13(8-11)18-10-12-6-7-14(16(19)20)15(17)9-12/h1,3-9,18H,10H2,(H,19,20). The predicted molar refractivity (Wildman–Crippen MR) is 75.1 cm³/mol. The first-order valence-electron chi connectivity index (χ1n) is 5.92. The lowest BCUT2D eigenvalue weighted by Gasteiger charge is -2.08. The number of benzene rings is 2. The second-order valence-corrected chi connectivity index (χ2v) is 4.20. The van der Waals surface area contributed by atoms with E-state index < -0.39 is 11.8 Å². The fourth-order valence-corrected chi connectivity index (χ4v) is 1.77. The van der Waals surface area contributed by atoms with Crippen molar-refractivity contribution in [2.75, 3.05) is 5.32 Å². The van der Waals surface area contributed by atoms with Gasteiger partial charge in [-0.15, -0.1) is 6.42 Å². The fourth-order valence-electron chi connectivity index (χ4n) is 1.77. The van der Waals surface area contributed by atoms with Gasteiger partial charge < -0.3 is 10.4 Å². The third-order valence-electron chi connectivity index (χ3n) is 2.79. The summed E-state index contributed by atoms with van der Waals surface area (Å²) in [6, 6.07) is 11.3. The molecule has 2 rings (SSSR count). The Kier molecular flexibility index (Phi) is 4.02. The van der Waals surface area contributed by atoms with Crippen LogP contribution in [0.4, 0.5) is 10.1 Å². The van der Waals surface area contributed by atoms with E-state index >= 15 is 0 Å². The molecule has 0 aliphatic rings. The molecule has 0 saturated heterocycles. The van der Waals surface area contributed by atoms with Crippen molar-refractivity contribution < 1.29 is 14.3 Å². The van der Waals surface area contributed by atoms with Gasteiger partial charge in [-0.05, 0) is 35.9 Å². The highest BCUT2D eigenvalue weighted by Gasteiger charge is 2.10. The monoisotopic (exact) mass is 269 g/mol. The number of terminal acetylenes is 1. The van der Waals surface area contributed by atoms with Gasteiger partial charge in [-0.1, -0.05) is 18.1 Å². The van der Waals surface area contributed by atoms with Gasteiger partial charge in [0.25, 0.3) is 0 Å². The highest BCUT2D eigenvalue weighted by molar-refractivity contribution is 5.87. The van der Waals surface area contributed by atoms with Gasteiger partial charge in [0.15, 0.2) is 0 Å². The van der Waals surface area contributed by atoms with Gasteiger partial charge in [0, 0.05) is 17.8 Å². The van der Waals surface area contributed by atoms with Crippen molar-refractivity contribution in [3.63, 3.8) is 0 Å². The van der Waals surface area contributed by atoms with Crippen molar-refractivity contribution in [2.24, 2.45) is 0 Å². The van der Waals surface area contributed by atoms with E-state index in [1.807, 2.05) is 24.3 Å². The molecule has 0 saturated carbocycles. The normalized spacial score (nSPS) is 9.80. The van der Waals surface area contributed by atoms with Gasteiger partial charge in [0.2, 0.25) is 0 Å². The van der Waals surface area contributed by atoms with Crippen LogP contribution in [0.1, 0.15) is 21.5 Å². The van der Waals surface area contributed by atoms with Crippen LogP contribution in [-0.4, -0.2) is 11.1 Å². The number of carboxylic acid groups (broad SMARTS) is 1. The van der Waals surface area contributed by atoms with Crippen LogP contribution in [0.15, 0.2) is 42.5 Å². The summed E-state index contributed by atoms with van der Waals surface area (Å²) in [6.07, 6.45) is 5.31. The van der Waals surface area contributed by atoms with Gasteiger partial charge in [-0.2, -0.15) is 0 Å². The van der Waals surface area contributed by atoms with Gasteiger partial charge in [0.1, 0.15) is 5.82 Å². The average Bonchev–Trinajstić information content (AvgIpc) is 2.45. The minimum Gasteiger partial charge on any atom is -0.478 e. The Labute approximate surface area is 116 Å². The quantitative estimate of drug-likeness (QED) is 0.838. The molecule has 2 N–H and O–H groups in total. The SMILES string of the molecule is C#Cc1cccc(NCc2ccc(C(=O)O)c(F)c2)c1. The molecule has 4 heteroatoms. The predicted octanol–water partition coefficient (Wildman–Crippen LogP) is 3.12. The number of rotatable bonds is 4. The topological polar surface area (TPSA) is 49.3 Å². The van der Waals surface area contributed by atoms with Crippen LogP contribution in [0.3, 0.4) is 0 Å². The number of halogens is 1. The lowest BCUT2D eigenvalue weighted by Crippen LogP contribution is -2.04. The second-order valence-electron chi connectivity index (χ2n) is 4.20. The number of anilines is 1. The third-order valence-corrected chi connectivity index (χ3v) is 2.79. The first kappa shape index (κ1) is 13.6. The zero-order valence-electron chi connectivity index (χ0n) is 10.6. The minimum atomic E-state index is -1.27. The first-order valence-corrected chi connectivity index (χ1v) is 5.92. The lowest BCUT2D eigenvalue weighted by molar-refractivity contribution is 0.0692. The summed E-state index contributed by atoms with van der Waals surface area (Å²) in [5.74, 6) is 0.513. The molecule has 2 aromatic rings. The summed E-state index contributed by atoms with van der Waals surface area (Å²) < 4.78 is 13.5. The Hall–Kier alpha value is -2.80. The third kappa shape index (κ3) is 3.15.